The lowest BCUT2D eigenvalue weighted by Gasteiger charge is -2.25. The Kier molecular flexibility index (Phi) is 4.51. The number of anilines is 1. The van der Waals surface area contributed by atoms with E-state index < -0.39 is 0 Å². The number of hydrogen-bond acceptors (Lipinski definition) is 6. The number of fused-ring (bicyclic) bond motifs is 1. The molecule has 2 aromatic rings. The zero-order chi connectivity index (χ0) is 17.1. The maximum absolute atomic E-state index is 12.1. The van der Waals surface area contributed by atoms with Crippen LogP contribution in [0.15, 0.2) is 18.3 Å². The van der Waals surface area contributed by atoms with Gasteiger partial charge in [-0.1, -0.05) is 0 Å². The van der Waals surface area contributed by atoms with Gasteiger partial charge in [0.15, 0.2) is 11.3 Å². The molecular formula is C16H20N6O2. The molecule has 8 nitrogen and oxygen atoms in total. The molecule has 8 heteroatoms. The van der Waals surface area contributed by atoms with Gasteiger partial charge in [0, 0.05) is 13.1 Å². The molecule has 0 spiro atoms. The second-order valence-corrected chi connectivity index (χ2v) is 6.05. The highest BCUT2D eigenvalue weighted by atomic mass is 16.6. The zero-order valence-corrected chi connectivity index (χ0v) is 13.8. The van der Waals surface area contributed by atoms with Gasteiger partial charge < -0.3 is 15.0 Å². The van der Waals surface area contributed by atoms with E-state index in [9.17, 15) is 4.79 Å². The molecule has 0 bridgehead atoms. The van der Waals surface area contributed by atoms with Crippen LogP contribution in [0.25, 0.3) is 5.65 Å². The monoisotopic (exact) mass is 328 g/mol. The molecule has 1 saturated heterocycles. The fourth-order valence-corrected chi connectivity index (χ4v) is 2.82. The standard InChI is InChI=1S/C16H20N6O2/c1-11(2)24-16(23)21-7-3-4-12(21)9-18-14-5-6-15-19-10-13(8-17)22(15)20-14/h5-6,10-12H,3-4,7,9H2,1-2H3,(H,18,20). The van der Waals surface area contributed by atoms with Crippen molar-refractivity contribution < 1.29 is 9.53 Å². The number of hydrogen-bond donors (Lipinski definition) is 1. The average Bonchev–Trinajstić information content (AvgIpc) is 3.18. The van der Waals surface area contributed by atoms with Crippen molar-refractivity contribution in [2.24, 2.45) is 0 Å². The minimum Gasteiger partial charge on any atom is -0.447 e. The SMILES string of the molecule is CC(C)OC(=O)N1CCCC1CNc1ccc2ncc(C#N)n2n1. The predicted molar refractivity (Wildman–Crippen MR) is 87.5 cm³/mol. The summed E-state index contributed by atoms with van der Waals surface area (Å²) in [6.07, 6.45) is 3.00. The zero-order valence-electron chi connectivity index (χ0n) is 13.8. The summed E-state index contributed by atoms with van der Waals surface area (Å²) < 4.78 is 6.79. The first-order chi connectivity index (χ1) is 11.6. The molecule has 1 aliphatic heterocycles. The Labute approximate surface area is 140 Å². The second kappa shape index (κ2) is 6.74. The lowest BCUT2D eigenvalue weighted by atomic mass is 10.2. The fourth-order valence-electron chi connectivity index (χ4n) is 2.82. The number of nitrogens with one attached hydrogen (secondary N) is 1. The van der Waals surface area contributed by atoms with Crippen LogP contribution in [0, 0.1) is 11.3 Å². The summed E-state index contributed by atoms with van der Waals surface area (Å²) in [7, 11) is 0. The van der Waals surface area contributed by atoms with E-state index in [1.807, 2.05) is 19.9 Å². The maximum atomic E-state index is 12.1. The summed E-state index contributed by atoms with van der Waals surface area (Å²) in [6, 6.07) is 5.75. The molecule has 1 atom stereocenters. The van der Waals surface area contributed by atoms with Gasteiger partial charge >= 0.3 is 6.09 Å². The van der Waals surface area contributed by atoms with E-state index >= 15 is 0 Å². The quantitative estimate of drug-likeness (QED) is 0.922. The Morgan fingerprint density at radius 3 is 3.12 bits per heavy atom. The predicted octanol–water partition coefficient (Wildman–Crippen LogP) is 2.02. The summed E-state index contributed by atoms with van der Waals surface area (Å²) in [5, 5.41) is 16.7. The van der Waals surface area contributed by atoms with Crippen LogP contribution < -0.4 is 5.32 Å². The van der Waals surface area contributed by atoms with Crippen LogP contribution in [0.4, 0.5) is 10.6 Å². The van der Waals surface area contributed by atoms with Gasteiger partial charge in [-0.05, 0) is 38.8 Å². The highest BCUT2D eigenvalue weighted by Gasteiger charge is 2.30. The first-order valence-electron chi connectivity index (χ1n) is 8.04. The Balaban J connectivity index is 1.66. The van der Waals surface area contributed by atoms with Crippen molar-refractivity contribution in [1.82, 2.24) is 19.5 Å². The Hall–Kier alpha value is -2.82. The summed E-state index contributed by atoms with van der Waals surface area (Å²) in [5.74, 6) is 0.640. The smallest absolute Gasteiger partial charge is 0.410 e. The molecule has 0 radical (unpaired) electrons. The number of nitrogens with zero attached hydrogens (tertiary/aromatic N) is 5. The lowest BCUT2D eigenvalue weighted by molar-refractivity contribution is 0.0746. The number of ether oxygens (including phenoxy) is 1. The number of imidazole rings is 1. The number of likely N-dealkylation sites (tertiary alicyclic amines) is 1. The summed E-state index contributed by atoms with van der Waals surface area (Å²) in [5.41, 5.74) is 1.01. The number of aromatic nitrogens is 3. The number of amides is 1. The van der Waals surface area contributed by atoms with Crippen molar-refractivity contribution in [2.75, 3.05) is 18.4 Å². The molecule has 3 heterocycles. The number of carbonyl (C=O) groups excluding carboxylic acids is 1. The van der Waals surface area contributed by atoms with Gasteiger partial charge in [-0.25, -0.2) is 14.3 Å². The number of carbonyl (C=O) groups is 1. The van der Waals surface area contributed by atoms with Crippen LogP contribution in [0.5, 0.6) is 0 Å². The highest BCUT2D eigenvalue weighted by molar-refractivity contribution is 5.68. The molecule has 3 rings (SSSR count). The van der Waals surface area contributed by atoms with Crippen LogP contribution >= 0.6 is 0 Å². The molecule has 1 amide bonds. The van der Waals surface area contributed by atoms with Crippen molar-refractivity contribution in [1.29, 1.82) is 5.26 Å². The molecular weight excluding hydrogens is 308 g/mol. The van der Waals surface area contributed by atoms with Crippen LogP contribution in [0.3, 0.4) is 0 Å². The minimum absolute atomic E-state index is 0.0759. The van der Waals surface area contributed by atoms with Gasteiger partial charge in [0.05, 0.1) is 18.3 Å². The van der Waals surface area contributed by atoms with Gasteiger partial charge in [0.25, 0.3) is 0 Å². The minimum atomic E-state index is -0.265. The van der Waals surface area contributed by atoms with E-state index in [0.29, 0.717) is 30.2 Å². The molecule has 0 aromatic carbocycles. The number of rotatable bonds is 4. The first kappa shape index (κ1) is 16.1. The summed E-state index contributed by atoms with van der Waals surface area (Å²) in [6.45, 7) is 4.99. The third-order valence-corrected chi connectivity index (χ3v) is 3.94. The molecule has 2 aromatic heterocycles. The van der Waals surface area contributed by atoms with Crippen molar-refractivity contribution >= 4 is 17.6 Å². The molecule has 1 N–H and O–H groups in total. The van der Waals surface area contributed by atoms with Crippen LogP contribution in [0.2, 0.25) is 0 Å². The van der Waals surface area contributed by atoms with Crippen LogP contribution in [-0.4, -0.2) is 50.8 Å². The van der Waals surface area contributed by atoms with E-state index in [-0.39, 0.29) is 18.2 Å². The molecule has 1 unspecified atom stereocenters. The Bertz CT molecular complexity index is 778. The average molecular weight is 328 g/mol. The molecule has 126 valence electrons. The van der Waals surface area contributed by atoms with Crippen molar-refractivity contribution in [2.45, 2.75) is 38.8 Å². The van der Waals surface area contributed by atoms with E-state index in [0.717, 1.165) is 12.8 Å². The van der Waals surface area contributed by atoms with Crippen molar-refractivity contribution in [3.8, 4) is 6.07 Å². The Morgan fingerprint density at radius 2 is 2.38 bits per heavy atom. The van der Waals surface area contributed by atoms with E-state index in [1.54, 1.807) is 11.0 Å². The Morgan fingerprint density at radius 1 is 1.54 bits per heavy atom. The van der Waals surface area contributed by atoms with Gasteiger partial charge in [-0.2, -0.15) is 5.26 Å². The summed E-state index contributed by atoms with van der Waals surface area (Å²) >= 11 is 0. The largest absolute Gasteiger partial charge is 0.447 e. The third kappa shape index (κ3) is 3.25. The number of nitriles is 1. The maximum Gasteiger partial charge on any atom is 0.410 e. The normalized spacial score (nSPS) is 17.2. The molecule has 1 fully saturated rings. The molecule has 0 saturated carbocycles. The third-order valence-electron chi connectivity index (χ3n) is 3.94. The van der Waals surface area contributed by atoms with Crippen LogP contribution in [-0.2, 0) is 4.74 Å². The first-order valence-corrected chi connectivity index (χ1v) is 8.04. The molecule has 0 aliphatic carbocycles. The van der Waals surface area contributed by atoms with Gasteiger partial charge in [-0.15, -0.1) is 5.10 Å². The van der Waals surface area contributed by atoms with Crippen molar-refractivity contribution in [3.63, 3.8) is 0 Å². The van der Waals surface area contributed by atoms with Crippen molar-refractivity contribution in [3.05, 3.63) is 24.0 Å². The van der Waals surface area contributed by atoms with E-state index in [4.69, 9.17) is 10.00 Å². The molecule has 1 aliphatic rings. The van der Waals surface area contributed by atoms with Gasteiger partial charge in [0.1, 0.15) is 11.9 Å². The second-order valence-electron chi connectivity index (χ2n) is 6.05. The topological polar surface area (TPSA) is 95.5 Å². The molecule has 24 heavy (non-hydrogen) atoms. The highest BCUT2D eigenvalue weighted by Crippen LogP contribution is 2.19. The van der Waals surface area contributed by atoms with Gasteiger partial charge in [-0.3, -0.25) is 0 Å². The summed E-state index contributed by atoms with van der Waals surface area (Å²) in [4.78, 5) is 18.0. The van der Waals surface area contributed by atoms with E-state index in [1.165, 1.54) is 10.7 Å². The van der Waals surface area contributed by atoms with Gasteiger partial charge in [0.2, 0.25) is 0 Å². The fraction of sp³-hybridized carbons (Fsp3) is 0.500. The van der Waals surface area contributed by atoms with Crippen LogP contribution in [0.1, 0.15) is 32.4 Å². The van der Waals surface area contributed by atoms with E-state index in [2.05, 4.69) is 21.5 Å². The lowest BCUT2D eigenvalue weighted by Crippen LogP contribution is -2.40.